The van der Waals surface area contributed by atoms with Gasteiger partial charge >= 0.3 is 0 Å². The van der Waals surface area contributed by atoms with Gasteiger partial charge in [0, 0.05) is 13.1 Å². The lowest BCUT2D eigenvalue weighted by atomic mass is 10.2. The molecule has 1 aliphatic rings. The van der Waals surface area contributed by atoms with Gasteiger partial charge in [-0.1, -0.05) is 27.2 Å². The SMILES string of the molecule is CCCCN1N=CN(CCC)C1CC. The van der Waals surface area contributed by atoms with E-state index in [0.717, 1.165) is 19.5 Å². The Morgan fingerprint density at radius 2 is 1.93 bits per heavy atom. The molecule has 1 aliphatic heterocycles. The molecule has 0 amide bonds. The van der Waals surface area contributed by atoms with Gasteiger partial charge in [0.25, 0.3) is 0 Å². The molecule has 0 saturated carbocycles. The fourth-order valence-electron chi connectivity index (χ4n) is 1.89. The lowest BCUT2D eigenvalue weighted by Crippen LogP contribution is -2.39. The summed E-state index contributed by atoms with van der Waals surface area (Å²) in [6.07, 6.45) is 7.37. The summed E-state index contributed by atoms with van der Waals surface area (Å²) >= 11 is 0. The Labute approximate surface area is 87.8 Å². The van der Waals surface area contributed by atoms with Crippen LogP contribution in [-0.2, 0) is 0 Å². The highest BCUT2D eigenvalue weighted by atomic mass is 15.6. The quantitative estimate of drug-likeness (QED) is 0.651. The molecule has 0 saturated heterocycles. The maximum atomic E-state index is 4.46. The molecule has 0 fully saturated rings. The van der Waals surface area contributed by atoms with Crippen molar-refractivity contribution in [3.8, 4) is 0 Å². The van der Waals surface area contributed by atoms with E-state index in [0.29, 0.717) is 6.17 Å². The van der Waals surface area contributed by atoms with Crippen LogP contribution in [0.3, 0.4) is 0 Å². The molecule has 14 heavy (non-hydrogen) atoms. The van der Waals surface area contributed by atoms with E-state index in [9.17, 15) is 0 Å². The van der Waals surface area contributed by atoms with Crippen LogP contribution in [0.15, 0.2) is 5.10 Å². The van der Waals surface area contributed by atoms with Gasteiger partial charge < -0.3 is 4.90 Å². The minimum Gasteiger partial charge on any atom is -0.339 e. The molecule has 1 atom stereocenters. The van der Waals surface area contributed by atoms with Crippen LogP contribution in [0.25, 0.3) is 0 Å². The Balaban J connectivity index is 2.42. The van der Waals surface area contributed by atoms with Crippen molar-refractivity contribution in [3.63, 3.8) is 0 Å². The van der Waals surface area contributed by atoms with Crippen molar-refractivity contribution >= 4 is 6.34 Å². The predicted octanol–water partition coefficient (Wildman–Crippen LogP) is 2.49. The summed E-state index contributed by atoms with van der Waals surface area (Å²) in [5.74, 6) is 0. The third-order valence-corrected chi connectivity index (χ3v) is 2.66. The van der Waals surface area contributed by atoms with E-state index < -0.39 is 0 Å². The van der Waals surface area contributed by atoms with Crippen LogP contribution in [0.1, 0.15) is 46.5 Å². The molecule has 1 unspecified atom stereocenters. The fraction of sp³-hybridized carbons (Fsp3) is 0.909. The van der Waals surface area contributed by atoms with Gasteiger partial charge in [0.1, 0.15) is 12.5 Å². The van der Waals surface area contributed by atoms with Gasteiger partial charge in [-0.3, -0.25) is 5.01 Å². The van der Waals surface area contributed by atoms with Gasteiger partial charge in [-0.05, 0) is 19.3 Å². The Kier molecular flexibility index (Phi) is 4.77. The number of rotatable bonds is 6. The Morgan fingerprint density at radius 3 is 2.50 bits per heavy atom. The molecule has 0 N–H and O–H groups in total. The minimum absolute atomic E-state index is 0.515. The van der Waals surface area contributed by atoms with Crippen LogP contribution in [0.5, 0.6) is 0 Å². The van der Waals surface area contributed by atoms with E-state index in [2.05, 4.69) is 35.8 Å². The summed E-state index contributed by atoms with van der Waals surface area (Å²) in [5.41, 5.74) is 0. The monoisotopic (exact) mass is 197 g/mol. The third kappa shape index (κ3) is 2.63. The smallest absolute Gasteiger partial charge is 0.118 e. The molecule has 0 bridgehead atoms. The molecule has 1 rings (SSSR count). The molecule has 82 valence electrons. The fourth-order valence-corrected chi connectivity index (χ4v) is 1.89. The van der Waals surface area contributed by atoms with Gasteiger partial charge in [-0.15, -0.1) is 0 Å². The Hall–Kier alpha value is -0.730. The number of hydrogen-bond donors (Lipinski definition) is 0. The lowest BCUT2D eigenvalue weighted by Gasteiger charge is -2.29. The molecule has 0 aliphatic carbocycles. The number of hydrogen-bond acceptors (Lipinski definition) is 3. The van der Waals surface area contributed by atoms with Crippen molar-refractivity contribution in [2.24, 2.45) is 5.10 Å². The second-order valence-electron chi connectivity index (χ2n) is 3.87. The molecule has 3 nitrogen and oxygen atoms in total. The maximum absolute atomic E-state index is 4.46. The molecule has 0 radical (unpaired) electrons. The van der Waals surface area contributed by atoms with Crippen LogP contribution < -0.4 is 0 Å². The Bertz CT molecular complexity index is 179. The normalized spacial score (nSPS) is 20.9. The zero-order chi connectivity index (χ0) is 10.4. The van der Waals surface area contributed by atoms with Gasteiger partial charge in [0.2, 0.25) is 0 Å². The maximum Gasteiger partial charge on any atom is 0.118 e. The average molecular weight is 197 g/mol. The highest BCUT2D eigenvalue weighted by molar-refractivity contribution is 5.56. The van der Waals surface area contributed by atoms with Crippen LogP contribution in [0.4, 0.5) is 0 Å². The van der Waals surface area contributed by atoms with Gasteiger partial charge in [-0.2, -0.15) is 5.10 Å². The van der Waals surface area contributed by atoms with E-state index in [-0.39, 0.29) is 0 Å². The first kappa shape index (κ1) is 11.3. The van der Waals surface area contributed by atoms with Crippen molar-refractivity contribution in [1.82, 2.24) is 9.91 Å². The summed E-state index contributed by atoms with van der Waals surface area (Å²) in [6.45, 7) is 8.91. The highest BCUT2D eigenvalue weighted by Crippen LogP contribution is 2.16. The molecular formula is C11H23N3. The molecule has 0 aromatic carbocycles. The topological polar surface area (TPSA) is 18.8 Å². The second kappa shape index (κ2) is 5.89. The van der Waals surface area contributed by atoms with Gasteiger partial charge in [0.05, 0.1) is 0 Å². The summed E-state index contributed by atoms with van der Waals surface area (Å²) < 4.78 is 0. The van der Waals surface area contributed by atoms with Crippen molar-refractivity contribution in [1.29, 1.82) is 0 Å². The van der Waals surface area contributed by atoms with Gasteiger partial charge in [-0.25, -0.2) is 0 Å². The second-order valence-corrected chi connectivity index (χ2v) is 3.87. The molecular weight excluding hydrogens is 174 g/mol. The average Bonchev–Trinajstić information content (AvgIpc) is 2.58. The third-order valence-electron chi connectivity index (χ3n) is 2.66. The Morgan fingerprint density at radius 1 is 1.14 bits per heavy atom. The first-order valence-corrected chi connectivity index (χ1v) is 5.89. The van der Waals surface area contributed by atoms with Crippen LogP contribution in [-0.4, -0.2) is 35.5 Å². The van der Waals surface area contributed by atoms with E-state index in [1.54, 1.807) is 0 Å². The largest absolute Gasteiger partial charge is 0.339 e. The van der Waals surface area contributed by atoms with Crippen LogP contribution in [0, 0.1) is 0 Å². The number of unbranched alkanes of at least 4 members (excludes halogenated alkanes) is 1. The van der Waals surface area contributed by atoms with Crippen molar-refractivity contribution in [3.05, 3.63) is 0 Å². The van der Waals surface area contributed by atoms with Crippen LogP contribution in [0.2, 0.25) is 0 Å². The van der Waals surface area contributed by atoms with Crippen molar-refractivity contribution in [2.45, 2.75) is 52.6 Å². The summed E-state index contributed by atoms with van der Waals surface area (Å²) in [4.78, 5) is 2.36. The first-order valence-electron chi connectivity index (χ1n) is 5.89. The minimum atomic E-state index is 0.515. The van der Waals surface area contributed by atoms with E-state index >= 15 is 0 Å². The van der Waals surface area contributed by atoms with Crippen molar-refractivity contribution < 1.29 is 0 Å². The molecule has 3 heteroatoms. The summed E-state index contributed by atoms with van der Waals surface area (Å²) in [6, 6.07) is 0. The molecule has 0 spiro atoms. The number of nitrogens with zero attached hydrogens (tertiary/aromatic N) is 3. The van der Waals surface area contributed by atoms with E-state index in [1.807, 2.05) is 6.34 Å². The first-order chi connectivity index (χ1) is 6.83. The summed E-state index contributed by atoms with van der Waals surface area (Å²) in [5, 5.41) is 6.70. The zero-order valence-electron chi connectivity index (χ0n) is 9.74. The van der Waals surface area contributed by atoms with Crippen LogP contribution >= 0.6 is 0 Å². The lowest BCUT2D eigenvalue weighted by molar-refractivity contribution is 0.125. The zero-order valence-corrected chi connectivity index (χ0v) is 9.74. The molecule has 0 aromatic heterocycles. The summed E-state index contributed by atoms with van der Waals surface area (Å²) in [7, 11) is 0. The van der Waals surface area contributed by atoms with E-state index in [4.69, 9.17) is 0 Å². The number of hydrazone groups is 1. The predicted molar refractivity (Wildman–Crippen MR) is 61.2 cm³/mol. The molecule has 0 aromatic rings. The van der Waals surface area contributed by atoms with E-state index in [1.165, 1.54) is 19.3 Å². The van der Waals surface area contributed by atoms with Crippen molar-refractivity contribution in [2.75, 3.05) is 13.1 Å². The highest BCUT2D eigenvalue weighted by Gasteiger charge is 2.24. The van der Waals surface area contributed by atoms with Gasteiger partial charge in [0.15, 0.2) is 0 Å². The standard InChI is InChI=1S/C11H23N3/c1-4-7-9-14-11(6-3)13(8-5-2)10-12-14/h10-11H,4-9H2,1-3H3. The molecule has 1 heterocycles.